The van der Waals surface area contributed by atoms with Crippen LogP contribution >= 0.6 is 0 Å². The third kappa shape index (κ3) is 2.74. The fourth-order valence-electron chi connectivity index (χ4n) is 5.49. The predicted molar refractivity (Wildman–Crippen MR) is 90.6 cm³/mol. The Morgan fingerprint density at radius 1 is 1.11 bits per heavy atom. The van der Waals surface area contributed by atoms with Crippen LogP contribution in [0.5, 0.6) is 0 Å². The molecule has 27 heavy (non-hydrogen) atoms. The highest BCUT2D eigenvalue weighted by Gasteiger charge is 2.59. The zero-order valence-electron chi connectivity index (χ0n) is 14.8. The van der Waals surface area contributed by atoms with Crippen LogP contribution in [-0.4, -0.2) is 35.3 Å². The third-order valence-electron chi connectivity index (χ3n) is 6.99. The molecule has 2 amide bonds. The second kappa shape index (κ2) is 5.49. The zero-order chi connectivity index (χ0) is 19.0. The highest BCUT2D eigenvalue weighted by molar-refractivity contribution is 5.84. The minimum Gasteiger partial charge on any atom is -0.351 e. The van der Waals surface area contributed by atoms with Gasteiger partial charge >= 0.3 is 6.18 Å². The average molecular weight is 378 g/mol. The first-order valence-corrected chi connectivity index (χ1v) is 9.53. The summed E-state index contributed by atoms with van der Waals surface area (Å²) in [6.45, 7) is 1.40. The number of hydrogen-bond donors (Lipinski definition) is 1. The number of hydrogen-bond acceptors (Lipinski definition) is 2. The number of benzene rings is 1. The summed E-state index contributed by atoms with van der Waals surface area (Å²) in [6.07, 6.45) is -1.43. The zero-order valence-corrected chi connectivity index (χ0v) is 14.8. The second-order valence-corrected chi connectivity index (χ2v) is 8.65. The lowest BCUT2D eigenvalue weighted by Gasteiger charge is -2.45. The van der Waals surface area contributed by atoms with Crippen LogP contribution in [0.3, 0.4) is 0 Å². The van der Waals surface area contributed by atoms with E-state index in [4.69, 9.17) is 0 Å². The van der Waals surface area contributed by atoms with Crippen molar-refractivity contribution in [1.29, 1.82) is 0 Å². The molecule has 1 N–H and O–H groups in total. The molecule has 1 spiro atoms. The monoisotopic (exact) mass is 378 g/mol. The SMILES string of the molecule is O=C1CCC2(CC(C(=O)N3C[C@@H]4C(c5ccc(C(F)(F)F)cc5)[C@@H]4C3)C2)N1. The number of amides is 2. The first-order valence-electron chi connectivity index (χ1n) is 9.53. The second-order valence-electron chi connectivity index (χ2n) is 8.65. The van der Waals surface area contributed by atoms with Gasteiger partial charge in [0.2, 0.25) is 11.8 Å². The number of carbonyl (C=O) groups excluding carboxylic acids is 2. The van der Waals surface area contributed by atoms with Crippen molar-refractivity contribution >= 4 is 11.8 Å². The van der Waals surface area contributed by atoms with Gasteiger partial charge in [-0.05, 0) is 54.7 Å². The summed E-state index contributed by atoms with van der Waals surface area (Å²) in [5.74, 6) is 1.28. The van der Waals surface area contributed by atoms with E-state index in [1.807, 2.05) is 4.90 Å². The number of carbonyl (C=O) groups is 2. The normalized spacial score (nSPS) is 37.1. The van der Waals surface area contributed by atoms with Crippen molar-refractivity contribution in [2.24, 2.45) is 17.8 Å². The van der Waals surface area contributed by atoms with E-state index in [1.54, 1.807) is 12.1 Å². The number of nitrogens with zero attached hydrogens (tertiary/aromatic N) is 1. The molecule has 0 bridgehead atoms. The first-order chi connectivity index (χ1) is 12.8. The fraction of sp³-hybridized carbons (Fsp3) is 0.600. The first kappa shape index (κ1) is 17.1. The Labute approximate surface area is 155 Å². The number of fused-ring (bicyclic) bond motifs is 1. The van der Waals surface area contributed by atoms with Crippen LogP contribution in [0.4, 0.5) is 13.2 Å². The maximum absolute atomic E-state index is 12.7. The summed E-state index contributed by atoms with van der Waals surface area (Å²) in [5.41, 5.74) is 0.191. The van der Waals surface area contributed by atoms with Gasteiger partial charge in [0.1, 0.15) is 0 Å². The van der Waals surface area contributed by atoms with Gasteiger partial charge in [-0.25, -0.2) is 0 Å². The van der Waals surface area contributed by atoms with E-state index < -0.39 is 11.7 Å². The number of rotatable bonds is 2. The lowest BCUT2D eigenvalue weighted by molar-refractivity contribution is -0.141. The van der Waals surface area contributed by atoms with E-state index in [0.29, 0.717) is 31.3 Å². The predicted octanol–water partition coefficient (Wildman–Crippen LogP) is 2.94. The quantitative estimate of drug-likeness (QED) is 0.860. The molecule has 4 nitrogen and oxygen atoms in total. The van der Waals surface area contributed by atoms with Gasteiger partial charge in [0, 0.05) is 31.0 Å². The molecule has 0 radical (unpaired) electrons. The van der Waals surface area contributed by atoms with E-state index in [0.717, 1.165) is 37.0 Å². The minimum atomic E-state index is -4.31. The van der Waals surface area contributed by atoms with Crippen molar-refractivity contribution < 1.29 is 22.8 Å². The standard InChI is InChI=1S/C20H21F3N2O2/c21-20(22,23)13-3-1-11(2-4-13)17-14-9-25(10-15(14)17)18(27)12-7-19(8-12)6-5-16(26)24-19/h1-4,12,14-15,17H,5-10H2,(H,24,26)/t12?,14-,15+,17?,19?. The van der Waals surface area contributed by atoms with E-state index in [1.165, 1.54) is 0 Å². The molecule has 1 unspecified atom stereocenters. The van der Waals surface area contributed by atoms with Crippen LogP contribution in [0.2, 0.25) is 0 Å². The molecule has 4 aliphatic rings. The highest BCUT2D eigenvalue weighted by Crippen LogP contribution is 2.59. The molecular weight excluding hydrogens is 357 g/mol. The summed E-state index contributed by atoms with van der Waals surface area (Å²) < 4.78 is 38.1. The maximum Gasteiger partial charge on any atom is 0.416 e. The fourth-order valence-corrected chi connectivity index (χ4v) is 5.49. The van der Waals surface area contributed by atoms with E-state index in [-0.39, 0.29) is 29.2 Å². The minimum absolute atomic E-state index is 0.00502. The van der Waals surface area contributed by atoms with Crippen LogP contribution in [0.1, 0.15) is 42.7 Å². The van der Waals surface area contributed by atoms with Crippen molar-refractivity contribution in [3.05, 3.63) is 35.4 Å². The largest absolute Gasteiger partial charge is 0.416 e. The van der Waals surface area contributed by atoms with E-state index >= 15 is 0 Å². The Bertz CT molecular complexity index is 786. The Kier molecular flexibility index (Phi) is 3.47. The summed E-state index contributed by atoms with van der Waals surface area (Å²) in [6, 6.07) is 5.46. The van der Waals surface area contributed by atoms with Gasteiger partial charge in [0.05, 0.1) is 5.56 Å². The van der Waals surface area contributed by atoms with Crippen LogP contribution in [0.25, 0.3) is 0 Å². The lowest BCUT2D eigenvalue weighted by Crippen LogP contribution is -2.56. The molecule has 2 aliphatic carbocycles. The summed E-state index contributed by atoms with van der Waals surface area (Å²) >= 11 is 0. The Morgan fingerprint density at radius 3 is 2.26 bits per heavy atom. The third-order valence-corrected chi connectivity index (χ3v) is 6.99. The van der Waals surface area contributed by atoms with Crippen molar-refractivity contribution in [3.63, 3.8) is 0 Å². The van der Waals surface area contributed by atoms with Crippen molar-refractivity contribution in [3.8, 4) is 0 Å². The molecule has 2 heterocycles. The molecule has 2 saturated heterocycles. The van der Waals surface area contributed by atoms with Crippen LogP contribution in [0.15, 0.2) is 24.3 Å². The van der Waals surface area contributed by atoms with Gasteiger partial charge in [-0.2, -0.15) is 13.2 Å². The average Bonchev–Trinajstić information content (AvgIpc) is 2.93. The van der Waals surface area contributed by atoms with Crippen molar-refractivity contribution in [2.75, 3.05) is 13.1 Å². The topological polar surface area (TPSA) is 49.4 Å². The van der Waals surface area contributed by atoms with Gasteiger partial charge < -0.3 is 10.2 Å². The molecule has 2 saturated carbocycles. The van der Waals surface area contributed by atoms with Gasteiger partial charge in [-0.3, -0.25) is 9.59 Å². The van der Waals surface area contributed by atoms with E-state index in [9.17, 15) is 22.8 Å². The molecule has 7 heteroatoms. The van der Waals surface area contributed by atoms with Gasteiger partial charge in [0.15, 0.2) is 0 Å². The smallest absolute Gasteiger partial charge is 0.351 e. The maximum atomic E-state index is 12.7. The van der Waals surface area contributed by atoms with Gasteiger partial charge in [-0.1, -0.05) is 12.1 Å². The molecule has 2 aliphatic heterocycles. The number of piperidine rings is 1. The van der Waals surface area contributed by atoms with Gasteiger partial charge in [0.25, 0.3) is 0 Å². The number of nitrogens with one attached hydrogen (secondary N) is 1. The molecule has 3 atom stereocenters. The number of likely N-dealkylation sites (tertiary alicyclic amines) is 1. The van der Waals surface area contributed by atoms with Crippen LogP contribution < -0.4 is 5.32 Å². The molecule has 4 fully saturated rings. The molecule has 144 valence electrons. The number of alkyl halides is 3. The van der Waals surface area contributed by atoms with Crippen LogP contribution in [-0.2, 0) is 15.8 Å². The molecule has 1 aromatic carbocycles. The molecule has 1 aromatic rings. The number of halogens is 3. The molecule has 0 aromatic heterocycles. The van der Waals surface area contributed by atoms with Gasteiger partial charge in [-0.15, -0.1) is 0 Å². The Hall–Kier alpha value is -2.05. The lowest BCUT2D eigenvalue weighted by atomic mass is 9.67. The summed E-state index contributed by atoms with van der Waals surface area (Å²) in [5, 5.41) is 3.01. The van der Waals surface area contributed by atoms with Crippen LogP contribution in [0, 0.1) is 17.8 Å². The summed E-state index contributed by atoms with van der Waals surface area (Å²) in [7, 11) is 0. The Morgan fingerprint density at radius 2 is 1.74 bits per heavy atom. The van der Waals surface area contributed by atoms with E-state index in [2.05, 4.69) is 5.32 Å². The molecular formula is C20H21F3N2O2. The summed E-state index contributed by atoms with van der Waals surface area (Å²) in [4.78, 5) is 26.0. The van der Waals surface area contributed by atoms with Crippen molar-refractivity contribution in [1.82, 2.24) is 10.2 Å². The molecule has 5 rings (SSSR count). The van der Waals surface area contributed by atoms with Crippen molar-refractivity contribution in [2.45, 2.75) is 43.3 Å². The Balaban J connectivity index is 1.16. The highest BCUT2D eigenvalue weighted by atomic mass is 19.4.